The third-order valence-electron chi connectivity index (χ3n) is 4.67. The van der Waals surface area contributed by atoms with Crippen LogP contribution in [0.2, 0.25) is 0 Å². The molecule has 0 aromatic carbocycles. The molecule has 1 heterocycles. The molecule has 2 heteroatoms. The van der Waals surface area contributed by atoms with Gasteiger partial charge >= 0.3 is 0 Å². The van der Waals surface area contributed by atoms with Gasteiger partial charge in [0.2, 0.25) is 0 Å². The monoisotopic (exact) mass is 238 g/mol. The van der Waals surface area contributed by atoms with Gasteiger partial charge in [0.15, 0.2) is 0 Å². The fourth-order valence-electron chi connectivity index (χ4n) is 3.44. The molecule has 0 unspecified atom stereocenters. The average Bonchev–Trinajstić information content (AvgIpc) is 2.88. The van der Waals surface area contributed by atoms with Crippen molar-refractivity contribution in [2.24, 2.45) is 5.92 Å². The fraction of sp³-hybridized carbons (Fsp3) is 1.00. The smallest absolute Gasteiger partial charge is 0.00670 e. The van der Waals surface area contributed by atoms with E-state index in [1.54, 1.807) is 0 Å². The third kappa shape index (κ3) is 4.59. The first-order valence-corrected chi connectivity index (χ1v) is 7.82. The van der Waals surface area contributed by atoms with Crippen molar-refractivity contribution in [3.8, 4) is 0 Å². The van der Waals surface area contributed by atoms with Crippen LogP contribution >= 0.6 is 0 Å². The topological polar surface area (TPSA) is 15.3 Å². The predicted octanol–water partition coefficient (Wildman–Crippen LogP) is 3.03. The molecular formula is C15H30N2. The molecular weight excluding hydrogens is 208 g/mol. The highest BCUT2D eigenvalue weighted by Gasteiger charge is 2.19. The van der Waals surface area contributed by atoms with Crippen molar-refractivity contribution in [3.05, 3.63) is 0 Å². The van der Waals surface area contributed by atoms with Crippen LogP contribution in [0.5, 0.6) is 0 Å². The van der Waals surface area contributed by atoms with Crippen molar-refractivity contribution >= 4 is 0 Å². The van der Waals surface area contributed by atoms with E-state index in [4.69, 9.17) is 0 Å². The van der Waals surface area contributed by atoms with Crippen LogP contribution in [0.4, 0.5) is 0 Å². The zero-order valence-corrected chi connectivity index (χ0v) is 11.6. The minimum atomic E-state index is 0.744. The van der Waals surface area contributed by atoms with E-state index in [1.807, 2.05) is 0 Å². The normalized spacial score (nSPS) is 25.2. The van der Waals surface area contributed by atoms with Gasteiger partial charge in [0.05, 0.1) is 0 Å². The van der Waals surface area contributed by atoms with Crippen molar-refractivity contribution in [3.63, 3.8) is 0 Å². The standard InChI is InChI=1S/C15H30N2/c1-14(15-8-3-2-4-9-15)16-10-7-13-17-11-5-6-12-17/h14-16H,2-13H2,1H3/t14-/m0/s1. The Hall–Kier alpha value is -0.0800. The second-order valence-electron chi connectivity index (χ2n) is 6.04. The molecule has 0 bridgehead atoms. The molecule has 17 heavy (non-hydrogen) atoms. The first-order chi connectivity index (χ1) is 8.36. The molecule has 0 amide bonds. The molecule has 0 radical (unpaired) electrons. The molecule has 100 valence electrons. The van der Waals surface area contributed by atoms with Crippen molar-refractivity contribution in [1.29, 1.82) is 0 Å². The third-order valence-corrected chi connectivity index (χ3v) is 4.67. The van der Waals surface area contributed by atoms with E-state index in [9.17, 15) is 0 Å². The lowest BCUT2D eigenvalue weighted by atomic mass is 9.84. The molecule has 1 saturated heterocycles. The van der Waals surface area contributed by atoms with E-state index >= 15 is 0 Å². The molecule has 1 atom stereocenters. The Morgan fingerprint density at radius 2 is 1.76 bits per heavy atom. The maximum absolute atomic E-state index is 3.75. The summed E-state index contributed by atoms with van der Waals surface area (Å²) in [5, 5.41) is 3.75. The van der Waals surface area contributed by atoms with E-state index < -0.39 is 0 Å². The molecule has 0 spiro atoms. The van der Waals surface area contributed by atoms with Gasteiger partial charge < -0.3 is 10.2 Å². The van der Waals surface area contributed by atoms with Gasteiger partial charge in [-0.25, -0.2) is 0 Å². The lowest BCUT2D eigenvalue weighted by Gasteiger charge is -2.28. The minimum Gasteiger partial charge on any atom is -0.314 e. The molecule has 0 aromatic heterocycles. The van der Waals surface area contributed by atoms with Crippen molar-refractivity contribution in [1.82, 2.24) is 10.2 Å². The molecule has 2 aliphatic rings. The van der Waals surface area contributed by atoms with E-state index in [0.29, 0.717) is 0 Å². The number of nitrogens with one attached hydrogen (secondary N) is 1. The summed E-state index contributed by atoms with van der Waals surface area (Å²) >= 11 is 0. The van der Waals surface area contributed by atoms with Crippen LogP contribution in [0.3, 0.4) is 0 Å². The number of hydrogen-bond acceptors (Lipinski definition) is 2. The number of nitrogens with zero attached hydrogens (tertiary/aromatic N) is 1. The Morgan fingerprint density at radius 1 is 1.06 bits per heavy atom. The summed E-state index contributed by atoms with van der Waals surface area (Å²) in [6, 6.07) is 0.744. The van der Waals surface area contributed by atoms with Gasteiger partial charge in [0.1, 0.15) is 0 Å². The van der Waals surface area contributed by atoms with Crippen molar-refractivity contribution in [2.45, 2.75) is 64.3 Å². The van der Waals surface area contributed by atoms with Crippen LogP contribution in [-0.4, -0.2) is 37.1 Å². The molecule has 1 N–H and O–H groups in total. The highest BCUT2D eigenvalue weighted by Crippen LogP contribution is 2.26. The largest absolute Gasteiger partial charge is 0.314 e. The Kier molecular flexibility index (Phi) is 5.79. The molecule has 1 aliphatic carbocycles. The van der Waals surface area contributed by atoms with Gasteiger partial charge in [0.25, 0.3) is 0 Å². The van der Waals surface area contributed by atoms with E-state index in [0.717, 1.165) is 12.0 Å². The van der Waals surface area contributed by atoms with Crippen LogP contribution in [0.1, 0.15) is 58.3 Å². The summed E-state index contributed by atoms with van der Waals surface area (Å²) in [6.07, 6.45) is 11.5. The highest BCUT2D eigenvalue weighted by molar-refractivity contribution is 4.76. The molecule has 1 saturated carbocycles. The predicted molar refractivity (Wildman–Crippen MR) is 74.3 cm³/mol. The number of likely N-dealkylation sites (tertiary alicyclic amines) is 1. The maximum Gasteiger partial charge on any atom is 0.00670 e. The summed E-state index contributed by atoms with van der Waals surface area (Å²) < 4.78 is 0. The highest BCUT2D eigenvalue weighted by atomic mass is 15.1. The van der Waals surface area contributed by atoms with Crippen molar-refractivity contribution in [2.75, 3.05) is 26.2 Å². The zero-order chi connectivity index (χ0) is 11.9. The quantitative estimate of drug-likeness (QED) is 0.716. The van der Waals surface area contributed by atoms with Crippen LogP contribution in [0.15, 0.2) is 0 Å². The summed E-state index contributed by atoms with van der Waals surface area (Å²) in [5.41, 5.74) is 0. The number of hydrogen-bond donors (Lipinski definition) is 1. The Morgan fingerprint density at radius 3 is 2.47 bits per heavy atom. The van der Waals surface area contributed by atoms with Gasteiger partial charge in [-0.1, -0.05) is 19.3 Å². The molecule has 2 nitrogen and oxygen atoms in total. The summed E-state index contributed by atoms with van der Waals surface area (Å²) in [4.78, 5) is 2.62. The first-order valence-electron chi connectivity index (χ1n) is 7.82. The maximum atomic E-state index is 3.75. The van der Waals surface area contributed by atoms with E-state index in [-0.39, 0.29) is 0 Å². The summed E-state index contributed by atoms with van der Waals surface area (Å²) in [7, 11) is 0. The summed E-state index contributed by atoms with van der Waals surface area (Å²) in [6.45, 7) is 7.61. The zero-order valence-electron chi connectivity index (χ0n) is 11.6. The molecule has 2 fully saturated rings. The second-order valence-corrected chi connectivity index (χ2v) is 6.04. The van der Waals surface area contributed by atoms with E-state index in [1.165, 1.54) is 77.5 Å². The average molecular weight is 238 g/mol. The van der Waals surface area contributed by atoms with Crippen LogP contribution < -0.4 is 5.32 Å². The Bertz CT molecular complexity index is 193. The van der Waals surface area contributed by atoms with Crippen LogP contribution in [-0.2, 0) is 0 Å². The lowest BCUT2D eigenvalue weighted by Crippen LogP contribution is -2.36. The van der Waals surface area contributed by atoms with Gasteiger partial charge in [-0.05, 0) is 71.1 Å². The SMILES string of the molecule is C[C@H](NCCCN1CCCC1)C1CCCCC1. The molecule has 1 aliphatic heterocycles. The van der Waals surface area contributed by atoms with Gasteiger partial charge in [-0.15, -0.1) is 0 Å². The lowest BCUT2D eigenvalue weighted by molar-refractivity contribution is 0.273. The fourth-order valence-corrected chi connectivity index (χ4v) is 3.44. The Balaban J connectivity index is 1.51. The van der Waals surface area contributed by atoms with Gasteiger partial charge in [0, 0.05) is 6.04 Å². The first kappa shape index (κ1) is 13.4. The minimum absolute atomic E-state index is 0.744. The van der Waals surface area contributed by atoms with Crippen LogP contribution in [0.25, 0.3) is 0 Å². The molecule has 0 aromatic rings. The summed E-state index contributed by atoms with van der Waals surface area (Å²) in [5.74, 6) is 0.954. The number of rotatable bonds is 6. The Labute approximate surface area is 107 Å². The second kappa shape index (κ2) is 7.38. The van der Waals surface area contributed by atoms with Gasteiger partial charge in [-0.3, -0.25) is 0 Å². The van der Waals surface area contributed by atoms with Gasteiger partial charge in [-0.2, -0.15) is 0 Å². The molecule has 2 rings (SSSR count). The van der Waals surface area contributed by atoms with Crippen molar-refractivity contribution < 1.29 is 0 Å². The van der Waals surface area contributed by atoms with E-state index in [2.05, 4.69) is 17.1 Å². The van der Waals surface area contributed by atoms with Crippen LogP contribution in [0, 0.1) is 5.92 Å².